The lowest BCUT2D eigenvalue weighted by Gasteiger charge is -2.14. The van der Waals surface area contributed by atoms with Crippen molar-refractivity contribution in [3.05, 3.63) is 77.8 Å². The van der Waals surface area contributed by atoms with Crippen molar-refractivity contribution in [2.45, 2.75) is 19.1 Å². The predicted octanol–water partition coefficient (Wildman–Crippen LogP) is 2.98. The van der Waals surface area contributed by atoms with Gasteiger partial charge in [0.1, 0.15) is 11.5 Å². The van der Waals surface area contributed by atoms with Crippen LogP contribution in [0.3, 0.4) is 0 Å². The maximum Gasteiger partial charge on any atom is 0.434 e. The Morgan fingerprint density at radius 1 is 1.10 bits per heavy atom. The average molecular weight is 406 g/mol. The number of hydrazine groups is 1. The molecule has 0 aliphatic carbocycles. The average Bonchev–Trinajstić information content (AvgIpc) is 3.15. The molecular weight excluding hydrogens is 388 g/mol. The first-order chi connectivity index (χ1) is 13.8. The van der Waals surface area contributed by atoms with Gasteiger partial charge in [0.25, 0.3) is 0 Å². The number of pyridine rings is 1. The highest BCUT2D eigenvalue weighted by Gasteiger charge is 2.36. The Morgan fingerprint density at radius 2 is 1.90 bits per heavy atom. The fourth-order valence-corrected chi connectivity index (χ4v) is 2.76. The zero-order valence-electron chi connectivity index (χ0n) is 15.1. The van der Waals surface area contributed by atoms with Crippen LogP contribution in [0.2, 0.25) is 0 Å². The molecule has 2 heterocycles. The molecule has 3 aromatic rings. The summed E-state index contributed by atoms with van der Waals surface area (Å²) in [5, 5.41) is 0. The molecule has 0 atom stereocenters. The largest absolute Gasteiger partial charge is 0.434 e. The lowest BCUT2D eigenvalue weighted by molar-refractivity contribution is -0.0961. The van der Waals surface area contributed by atoms with Crippen LogP contribution in [0, 0.1) is 5.82 Å². The molecule has 29 heavy (non-hydrogen) atoms. The van der Waals surface area contributed by atoms with E-state index in [0.717, 1.165) is 5.56 Å². The summed E-state index contributed by atoms with van der Waals surface area (Å²) < 4.78 is 54.0. The molecule has 0 fully saturated rings. The number of alkyl halides is 3. The van der Waals surface area contributed by atoms with Crippen LogP contribution in [-0.2, 0) is 13.0 Å². The Morgan fingerprint density at radius 3 is 2.59 bits per heavy atom. The Hall–Kier alpha value is -3.40. The van der Waals surface area contributed by atoms with E-state index in [1.165, 1.54) is 30.5 Å². The van der Waals surface area contributed by atoms with Gasteiger partial charge in [-0.3, -0.25) is 10.8 Å². The van der Waals surface area contributed by atoms with Gasteiger partial charge in [-0.1, -0.05) is 12.1 Å². The highest BCUT2D eigenvalue weighted by Crippen LogP contribution is 2.28. The molecular formula is C19H18F4N6. The first-order valence-corrected chi connectivity index (χ1v) is 8.54. The standard InChI is InChI=1S/C19H18F4N6/c20-14-3-1-2-12(8-14)5-7-29-10-16(27-11-29)15-9-13(4-6-26-15)17(24)18(28-25)19(21,22)23/h1-4,6,8-11,28H,5,7,24-25H2/b18-17-. The second-order valence-electron chi connectivity index (χ2n) is 6.24. The van der Waals surface area contributed by atoms with Crippen molar-refractivity contribution < 1.29 is 17.6 Å². The number of nitrogens with two attached hydrogens (primary N) is 2. The van der Waals surface area contributed by atoms with Crippen LogP contribution < -0.4 is 17.0 Å². The van der Waals surface area contributed by atoms with Crippen LogP contribution in [0.25, 0.3) is 17.1 Å². The number of nitrogens with zero attached hydrogens (tertiary/aromatic N) is 3. The first-order valence-electron chi connectivity index (χ1n) is 8.54. The molecule has 0 amide bonds. The van der Waals surface area contributed by atoms with E-state index in [1.807, 2.05) is 6.07 Å². The minimum Gasteiger partial charge on any atom is -0.397 e. The lowest BCUT2D eigenvalue weighted by Crippen LogP contribution is -2.34. The van der Waals surface area contributed by atoms with E-state index >= 15 is 0 Å². The maximum absolute atomic E-state index is 13.3. The van der Waals surface area contributed by atoms with Gasteiger partial charge in [-0.25, -0.2) is 9.37 Å². The highest BCUT2D eigenvalue weighted by molar-refractivity contribution is 5.69. The van der Waals surface area contributed by atoms with E-state index in [9.17, 15) is 17.6 Å². The van der Waals surface area contributed by atoms with Crippen LogP contribution in [0.1, 0.15) is 11.1 Å². The van der Waals surface area contributed by atoms with Crippen LogP contribution in [0.5, 0.6) is 0 Å². The van der Waals surface area contributed by atoms with Gasteiger partial charge < -0.3 is 15.7 Å². The molecule has 10 heteroatoms. The summed E-state index contributed by atoms with van der Waals surface area (Å²) in [6, 6.07) is 9.05. The number of hydrogen-bond acceptors (Lipinski definition) is 5. The topological polar surface area (TPSA) is 94.8 Å². The summed E-state index contributed by atoms with van der Waals surface area (Å²) in [4.78, 5) is 8.38. The smallest absolute Gasteiger partial charge is 0.397 e. The summed E-state index contributed by atoms with van der Waals surface area (Å²) >= 11 is 0. The molecule has 2 aromatic heterocycles. The SMILES string of the molecule is NN/C(=C(\N)c1ccnc(-c2cn(CCc3cccc(F)c3)cn2)c1)C(F)(F)F. The molecule has 3 rings (SSSR count). The van der Waals surface area contributed by atoms with Gasteiger partial charge in [-0.2, -0.15) is 13.2 Å². The van der Waals surface area contributed by atoms with E-state index in [2.05, 4.69) is 9.97 Å². The molecule has 0 bridgehead atoms. The highest BCUT2D eigenvalue weighted by atomic mass is 19.4. The molecule has 0 spiro atoms. The van der Waals surface area contributed by atoms with Gasteiger partial charge in [0.15, 0.2) is 5.70 Å². The van der Waals surface area contributed by atoms with Crippen LogP contribution >= 0.6 is 0 Å². The summed E-state index contributed by atoms with van der Waals surface area (Å²) in [6.45, 7) is 0.549. The number of benzene rings is 1. The summed E-state index contributed by atoms with van der Waals surface area (Å²) in [5.74, 6) is 4.68. The lowest BCUT2D eigenvalue weighted by atomic mass is 10.1. The quantitative estimate of drug-likeness (QED) is 0.332. The molecule has 0 unspecified atom stereocenters. The Kier molecular flexibility index (Phi) is 5.83. The summed E-state index contributed by atoms with van der Waals surface area (Å²) in [5.41, 5.74) is 7.23. The monoisotopic (exact) mass is 406 g/mol. The Balaban J connectivity index is 1.80. The Bertz CT molecular complexity index is 1030. The molecule has 0 radical (unpaired) electrons. The molecule has 1 aromatic carbocycles. The fraction of sp³-hybridized carbons (Fsp3) is 0.158. The van der Waals surface area contributed by atoms with Gasteiger partial charge in [-0.05, 0) is 36.2 Å². The third kappa shape index (κ3) is 4.91. The minimum atomic E-state index is -4.72. The number of imidazole rings is 1. The van der Waals surface area contributed by atoms with Gasteiger partial charge in [-0.15, -0.1) is 0 Å². The van der Waals surface area contributed by atoms with Gasteiger partial charge >= 0.3 is 6.18 Å². The molecule has 6 nitrogen and oxygen atoms in total. The second-order valence-corrected chi connectivity index (χ2v) is 6.24. The third-order valence-corrected chi connectivity index (χ3v) is 4.21. The van der Waals surface area contributed by atoms with Crippen molar-refractivity contribution >= 4 is 5.70 Å². The normalized spacial score (nSPS) is 12.6. The van der Waals surface area contributed by atoms with Gasteiger partial charge in [0.05, 0.1) is 17.7 Å². The molecule has 0 aliphatic rings. The van der Waals surface area contributed by atoms with Crippen molar-refractivity contribution in [2.75, 3.05) is 0 Å². The fourth-order valence-electron chi connectivity index (χ4n) is 2.76. The minimum absolute atomic E-state index is 0.106. The zero-order chi connectivity index (χ0) is 21.0. The van der Waals surface area contributed by atoms with E-state index in [-0.39, 0.29) is 11.4 Å². The number of hydrogen-bond donors (Lipinski definition) is 3. The third-order valence-electron chi connectivity index (χ3n) is 4.21. The molecule has 5 N–H and O–H groups in total. The molecule has 0 saturated heterocycles. The Labute approximate surface area is 163 Å². The van der Waals surface area contributed by atoms with E-state index in [1.54, 1.807) is 28.6 Å². The molecule has 0 saturated carbocycles. The number of halogens is 4. The van der Waals surface area contributed by atoms with E-state index in [4.69, 9.17) is 11.6 Å². The molecule has 152 valence electrons. The second kappa shape index (κ2) is 8.31. The van der Waals surface area contributed by atoms with Crippen LogP contribution in [0.4, 0.5) is 17.6 Å². The van der Waals surface area contributed by atoms with Crippen molar-refractivity contribution in [3.8, 4) is 11.4 Å². The molecule has 0 aliphatic heterocycles. The van der Waals surface area contributed by atoms with Crippen molar-refractivity contribution in [2.24, 2.45) is 11.6 Å². The van der Waals surface area contributed by atoms with E-state index < -0.39 is 17.6 Å². The zero-order valence-corrected chi connectivity index (χ0v) is 15.1. The number of rotatable bonds is 6. The number of allylic oxidation sites excluding steroid dienone is 1. The van der Waals surface area contributed by atoms with Crippen molar-refractivity contribution in [1.29, 1.82) is 0 Å². The number of aryl methyl sites for hydroxylation is 2. The van der Waals surface area contributed by atoms with Crippen LogP contribution in [0.15, 0.2) is 60.8 Å². The summed E-state index contributed by atoms with van der Waals surface area (Å²) in [6.07, 6.45) is 0.490. The number of nitrogens with one attached hydrogen (secondary N) is 1. The van der Waals surface area contributed by atoms with Gasteiger partial charge in [0, 0.05) is 24.5 Å². The van der Waals surface area contributed by atoms with Gasteiger partial charge in [0.2, 0.25) is 0 Å². The maximum atomic E-state index is 13.3. The predicted molar refractivity (Wildman–Crippen MR) is 100 cm³/mol. The number of aromatic nitrogens is 3. The van der Waals surface area contributed by atoms with Crippen molar-refractivity contribution in [1.82, 2.24) is 20.0 Å². The first kappa shape index (κ1) is 20.3. The van der Waals surface area contributed by atoms with Crippen molar-refractivity contribution in [3.63, 3.8) is 0 Å². The summed E-state index contributed by atoms with van der Waals surface area (Å²) in [7, 11) is 0. The van der Waals surface area contributed by atoms with Crippen LogP contribution in [-0.4, -0.2) is 20.7 Å². The van der Waals surface area contributed by atoms with E-state index in [0.29, 0.717) is 24.4 Å².